The third-order valence-electron chi connectivity index (χ3n) is 2.91. The molecule has 106 valence electrons. The molecule has 0 saturated carbocycles. The summed E-state index contributed by atoms with van der Waals surface area (Å²) in [4.78, 5) is 8.65. The van der Waals surface area contributed by atoms with Crippen molar-refractivity contribution < 1.29 is 9.47 Å². The van der Waals surface area contributed by atoms with Crippen molar-refractivity contribution in [1.29, 1.82) is 0 Å². The lowest BCUT2D eigenvalue weighted by Crippen LogP contribution is -2.19. The van der Waals surface area contributed by atoms with Gasteiger partial charge in [0.2, 0.25) is 5.88 Å². The number of aromatic nitrogens is 2. The summed E-state index contributed by atoms with van der Waals surface area (Å²) in [5.41, 5.74) is 0. The fourth-order valence-electron chi connectivity index (χ4n) is 1.98. The summed E-state index contributed by atoms with van der Waals surface area (Å²) >= 11 is 0. The molecule has 0 aromatic carbocycles. The van der Waals surface area contributed by atoms with Crippen LogP contribution in [0.2, 0.25) is 0 Å². The van der Waals surface area contributed by atoms with Crippen molar-refractivity contribution >= 4 is 5.82 Å². The molecule has 0 aliphatic carbocycles. The highest BCUT2D eigenvalue weighted by atomic mass is 16.5. The number of hydrogen-bond donors (Lipinski definition) is 1. The Kier molecular flexibility index (Phi) is 4.96. The van der Waals surface area contributed by atoms with Gasteiger partial charge in [-0.25, -0.2) is 4.98 Å². The molecule has 2 heterocycles. The number of hydrogen-bond acceptors (Lipinski definition) is 5. The fraction of sp³-hybridized carbons (Fsp3) is 0.714. The molecule has 1 aromatic heterocycles. The molecule has 1 aliphatic rings. The first-order valence-corrected chi connectivity index (χ1v) is 6.97. The minimum absolute atomic E-state index is 0.301. The molecule has 0 amide bonds. The smallest absolute Gasteiger partial charge is 0.218 e. The van der Waals surface area contributed by atoms with E-state index in [1.165, 1.54) is 0 Å². The van der Waals surface area contributed by atoms with E-state index >= 15 is 0 Å². The van der Waals surface area contributed by atoms with Gasteiger partial charge in [-0.2, -0.15) is 4.98 Å². The number of nitrogens with one attached hydrogen (secondary N) is 1. The van der Waals surface area contributed by atoms with Crippen LogP contribution in [0.4, 0.5) is 5.82 Å². The average molecular weight is 265 g/mol. The van der Waals surface area contributed by atoms with Crippen LogP contribution in [0.15, 0.2) is 6.07 Å². The molecule has 0 bridgehead atoms. The van der Waals surface area contributed by atoms with Crippen molar-refractivity contribution in [3.63, 3.8) is 0 Å². The van der Waals surface area contributed by atoms with Crippen LogP contribution >= 0.6 is 0 Å². The minimum atomic E-state index is 0.301. The van der Waals surface area contributed by atoms with Crippen LogP contribution in [0, 0.1) is 12.8 Å². The molecular formula is C14H23N3O2. The quantitative estimate of drug-likeness (QED) is 0.856. The Morgan fingerprint density at radius 3 is 3.00 bits per heavy atom. The van der Waals surface area contributed by atoms with E-state index in [9.17, 15) is 0 Å². The second-order valence-electron chi connectivity index (χ2n) is 5.36. The van der Waals surface area contributed by atoms with Crippen LogP contribution in [0.3, 0.4) is 0 Å². The molecule has 1 N–H and O–H groups in total. The summed E-state index contributed by atoms with van der Waals surface area (Å²) < 4.78 is 11.2. The number of ether oxygens (including phenoxy) is 2. The Bertz CT molecular complexity index is 404. The van der Waals surface area contributed by atoms with Gasteiger partial charge in [-0.05, 0) is 25.7 Å². The first-order chi connectivity index (χ1) is 9.13. The predicted molar refractivity (Wildman–Crippen MR) is 74.6 cm³/mol. The maximum atomic E-state index is 5.64. The van der Waals surface area contributed by atoms with Crippen molar-refractivity contribution in [3.8, 4) is 5.88 Å². The number of nitrogens with zero attached hydrogens (tertiary/aromatic N) is 2. The molecule has 5 heteroatoms. The van der Waals surface area contributed by atoms with Crippen LogP contribution in [-0.2, 0) is 4.74 Å². The second-order valence-corrected chi connectivity index (χ2v) is 5.36. The number of anilines is 1. The molecule has 1 unspecified atom stereocenters. The lowest BCUT2D eigenvalue weighted by Gasteiger charge is -2.13. The summed E-state index contributed by atoms with van der Waals surface area (Å²) in [6, 6.07) is 1.85. The van der Waals surface area contributed by atoms with E-state index in [-0.39, 0.29) is 0 Å². The van der Waals surface area contributed by atoms with Crippen molar-refractivity contribution in [2.75, 3.05) is 25.1 Å². The highest BCUT2D eigenvalue weighted by Crippen LogP contribution is 2.16. The molecule has 2 rings (SSSR count). The number of aryl methyl sites for hydroxylation is 1. The Labute approximate surface area is 114 Å². The zero-order valence-corrected chi connectivity index (χ0v) is 12.0. The van der Waals surface area contributed by atoms with Gasteiger partial charge in [0.25, 0.3) is 0 Å². The van der Waals surface area contributed by atoms with Gasteiger partial charge in [0.05, 0.1) is 12.7 Å². The lowest BCUT2D eigenvalue weighted by molar-refractivity contribution is 0.120. The maximum absolute atomic E-state index is 5.64. The van der Waals surface area contributed by atoms with E-state index in [2.05, 4.69) is 29.1 Å². The monoisotopic (exact) mass is 265 g/mol. The van der Waals surface area contributed by atoms with E-state index in [0.717, 1.165) is 37.6 Å². The van der Waals surface area contributed by atoms with E-state index < -0.39 is 0 Å². The van der Waals surface area contributed by atoms with E-state index in [1.807, 2.05) is 13.0 Å². The molecule has 1 aromatic rings. The molecule has 1 aliphatic heterocycles. The van der Waals surface area contributed by atoms with E-state index in [1.54, 1.807) is 0 Å². The lowest BCUT2D eigenvalue weighted by atomic mass is 10.2. The van der Waals surface area contributed by atoms with Crippen molar-refractivity contribution in [1.82, 2.24) is 9.97 Å². The Hall–Kier alpha value is -1.36. The van der Waals surface area contributed by atoms with Crippen molar-refractivity contribution in [2.24, 2.45) is 5.92 Å². The van der Waals surface area contributed by atoms with Crippen LogP contribution in [0.25, 0.3) is 0 Å². The molecule has 5 nitrogen and oxygen atoms in total. The highest BCUT2D eigenvalue weighted by Gasteiger charge is 2.15. The molecule has 1 fully saturated rings. The molecule has 19 heavy (non-hydrogen) atoms. The summed E-state index contributed by atoms with van der Waals surface area (Å²) in [5.74, 6) is 2.65. The molecule has 0 radical (unpaired) electrons. The zero-order chi connectivity index (χ0) is 13.7. The molecule has 0 spiro atoms. The topological polar surface area (TPSA) is 56.3 Å². The van der Waals surface area contributed by atoms with Crippen molar-refractivity contribution in [3.05, 3.63) is 11.9 Å². The third-order valence-corrected chi connectivity index (χ3v) is 2.91. The first-order valence-electron chi connectivity index (χ1n) is 6.97. The molecule has 1 atom stereocenters. The Morgan fingerprint density at radius 2 is 2.32 bits per heavy atom. The summed E-state index contributed by atoms with van der Waals surface area (Å²) in [6.07, 6.45) is 2.57. The summed E-state index contributed by atoms with van der Waals surface area (Å²) in [7, 11) is 0. The van der Waals surface area contributed by atoms with E-state index in [0.29, 0.717) is 24.5 Å². The minimum Gasteiger partial charge on any atom is -0.477 e. The second kappa shape index (κ2) is 6.70. The van der Waals surface area contributed by atoms with Crippen molar-refractivity contribution in [2.45, 2.75) is 39.7 Å². The Morgan fingerprint density at radius 1 is 1.47 bits per heavy atom. The van der Waals surface area contributed by atoms with Gasteiger partial charge in [-0.3, -0.25) is 0 Å². The summed E-state index contributed by atoms with van der Waals surface area (Å²) in [5, 5.41) is 3.30. The molecular weight excluding hydrogens is 242 g/mol. The number of rotatable bonds is 6. The normalized spacial score (nSPS) is 18.8. The molecule has 1 saturated heterocycles. The van der Waals surface area contributed by atoms with Gasteiger partial charge in [-0.15, -0.1) is 0 Å². The SMILES string of the molecule is Cc1nc(NCC2CCCO2)cc(OCC(C)C)n1. The van der Waals surface area contributed by atoms with Gasteiger partial charge in [0, 0.05) is 19.2 Å². The van der Waals surface area contributed by atoms with E-state index in [4.69, 9.17) is 9.47 Å². The van der Waals surface area contributed by atoms with Gasteiger partial charge in [0.1, 0.15) is 11.6 Å². The van der Waals surface area contributed by atoms with Gasteiger partial charge in [0.15, 0.2) is 0 Å². The third kappa shape index (κ3) is 4.67. The summed E-state index contributed by atoms with van der Waals surface area (Å²) in [6.45, 7) is 8.44. The van der Waals surface area contributed by atoms with Gasteiger partial charge in [-0.1, -0.05) is 13.8 Å². The largest absolute Gasteiger partial charge is 0.477 e. The van der Waals surface area contributed by atoms with Crippen LogP contribution < -0.4 is 10.1 Å². The van der Waals surface area contributed by atoms with Gasteiger partial charge >= 0.3 is 0 Å². The van der Waals surface area contributed by atoms with Crippen LogP contribution in [0.1, 0.15) is 32.5 Å². The maximum Gasteiger partial charge on any atom is 0.218 e. The zero-order valence-electron chi connectivity index (χ0n) is 12.0. The first kappa shape index (κ1) is 14.1. The average Bonchev–Trinajstić information content (AvgIpc) is 2.86. The van der Waals surface area contributed by atoms with Crippen LogP contribution in [0.5, 0.6) is 5.88 Å². The van der Waals surface area contributed by atoms with Crippen LogP contribution in [-0.4, -0.2) is 35.8 Å². The standard InChI is InChI=1S/C14H23N3O2/c1-10(2)9-19-14-7-13(16-11(3)17-14)15-8-12-5-4-6-18-12/h7,10,12H,4-6,8-9H2,1-3H3,(H,15,16,17). The van der Waals surface area contributed by atoms with Gasteiger partial charge < -0.3 is 14.8 Å². The fourth-order valence-corrected chi connectivity index (χ4v) is 1.98. The highest BCUT2D eigenvalue weighted by molar-refractivity contribution is 5.38. The Balaban J connectivity index is 1.91. The predicted octanol–water partition coefficient (Wildman–Crippen LogP) is 2.41.